The molecule has 1 aromatic rings. The first-order chi connectivity index (χ1) is 6.54. The molecule has 0 aliphatic rings. The molecule has 0 aliphatic carbocycles. The summed E-state index contributed by atoms with van der Waals surface area (Å²) in [6.45, 7) is 0. The third-order valence-corrected chi connectivity index (χ3v) is 2.29. The fourth-order valence-corrected chi connectivity index (χ4v) is 1.39. The van der Waals surface area contributed by atoms with Crippen LogP contribution in [0.1, 0.15) is 11.6 Å². The molecule has 0 bridgehead atoms. The molecule has 2 N–H and O–H groups in total. The van der Waals surface area contributed by atoms with E-state index in [1.807, 2.05) is 6.07 Å². The van der Waals surface area contributed by atoms with Gasteiger partial charge in [-0.05, 0) is 11.6 Å². The Morgan fingerprint density at radius 2 is 2.00 bits per heavy atom. The minimum Gasteiger partial charge on any atom is -0.347 e. The van der Waals surface area contributed by atoms with Gasteiger partial charge in [0.1, 0.15) is 6.04 Å². The molecule has 1 unspecified atom stereocenters. The van der Waals surface area contributed by atoms with Crippen molar-refractivity contribution in [2.75, 3.05) is 14.1 Å². The highest BCUT2D eigenvalue weighted by Gasteiger charge is 2.19. The predicted molar refractivity (Wildman–Crippen MR) is 57.1 cm³/mol. The van der Waals surface area contributed by atoms with Crippen LogP contribution in [0.4, 0.5) is 0 Å². The van der Waals surface area contributed by atoms with Crippen LogP contribution in [0.5, 0.6) is 0 Å². The van der Waals surface area contributed by atoms with Gasteiger partial charge in [0.2, 0.25) is 5.91 Å². The third-order valence-electron chi connectivity index (χ3n) is 1.95. The van der Waals surface area contributed by atoms with E-state index in [-0.39, 0.29) is 5.91 Å². The highest BCUT2D eigenvalue weighted by Crippen LogP contribution is 2.21. The van der Waals surface area contributed by atoms with E-state index in [9.17, 15) is 4.79 Å². The molecule has 76 valence electrons. The first-order valence-corrected chi connectivity index (χ1v) is 4.63. The van der Waals surface area contributed by atoms with Gasteiger partial charge in [-0.15, -0.1) is 0 Å². The van der Waals surface area contributed by atoms with Gasteiger partial charge in [0.25, 0.3) is 0 Å². The number of nitrogens with zero attached hydrogens (tertiary/aromatic N) is 1. The van der Waals surface area contributed by atoms with Crippen LogP contribution in [0.3, 0.4) is 0 Å². The van der Waals surface area contributed by atoms with Crippen molar-refractivity contribution in [2.24, 2.45) is 5.73 Å². The molecule has 0 fully saturated rings. The van der Waals surface area contributed by atoms with Crippen LogP contribution in [-0.4, -0.2) is 24.9 Å². The second kappa shape index (κ2) is 4.44. The average molecular weight is 213 g/mol. The van der Waals surface area contributed by atoms with Crippen molar-refractivity contribution in [2.45, 2.75) is 6.04 Å². The van der Waals surface area contributed by atoms with Gasteiger partial charge < -0.3 is 10.6 Å². The number of rotatable bonds is 2. The standard InChI is InChI=1S/C10H13ClN2O/c1-13(2)10(14)9(12)7-5-3-4-6-8(7)11/h3-6,9H,12H2,1-2H3. The van der Waals surface area contributed by atoms with E-state index < -0.39 is 6.04 Å². The number of benzene rings is 1. The molecule has 1 rings (SSSR count). The Morgan fingerprint density at radius 1 is 1.43 bits per heavy atom. The Bertz CT molecular complexity index is 339. The Labute approximate surface area is 88.5 Å². The van der Waals surface area contributed by atoms with Crippen molar-refractivity contribution in [1.82, 2.24) is 4.90 Å². The van der Waals surface area contributed by atoms with Gasteiger partial charge in [0.05, 0.1) is 0 Å². The normalized spacial score (nSPS) is 12.3. The zero-order valence-corrected chi connectivity index (χ0v) is 8.95. The average Bonchev–Trinajstić information content (AvgIpc) is 2.16. The summed E-state index contributed by atoms with van der Waals surface area (Å²) in [6.07, 6.45) is 0. The molecule has 1 atom stereocenters. The summed E-state index contributed by atoms with van der Waals surface area (Å²) in [5.41, 5.74) is 6.42. The molecule has 0 spiro atoms. The number of likely N-dealkylation sites (N-methyl/N-ethyl adjacent to an activating group) is 1. The summed E-state index contributed by atoms with van der Waals surface area (Å²) in [4.78, 5) is 13.0. The highest BCUT2D eigenvalue weighted by atomic mass is 35.5. The van der Waals surface area contributed by atoms with Gasteiger partial charge in [0, 0.05) is 19.1 Å². The van der Waals surface area contributed by atoms with Crippen LogP contribution in [-0.2, 0) is 4.79 Å². The van der Waals surface area contributed by atoms with E-state index in [1.54, 1.807) is 32.3 Å². The molecule has 14 heavy (non-hydrogen) atoms. The maximum Gasteiger partial charge on any atom is 0.243 e. The number of amides is 1. The zero-order valence-electron chi connectivity index (χ0n) is 8.20. The molecule has 4 heteroatoms. The van der Waals surface area contributed by atoms with Gasteiger partial charge in [0.15, 0.2) is 0 Å². The minimum absolute atomic E-state index is 0.155. The van der Waals surface area contributed by atoms with Crippen LogP contribution >= 0.6 is 11.6 Å². The van der Waals surface area contributed by atoms with E-state index in [0.29, 0.717) is 10.6 Å². The number of halogens is 1. The van der Waals surface area contributed by atoms with Gasteiger partial charge >= 0.3 is 0 Å². The molecule has 0 heterocycles. The van der Waals surface area contributed by atoms with Crippen molar-refractivity contribution in [3.05, 3.63) is 34.9 Å². The molecule has 0 saturated heterocycles. The number of carbonyl (C=O) groups excluding carboxylic acids is 1. The first-order valence-electron chi connectivity index (χ1n) is 4.25. The van der Waals surface area contributed by atoms with Crippen LogP contribution in [0, 0.1) is 0 Å². The number of nitrogens with two attached hydrogens (primary N) is 1. The zero-order chi connectivity index (χ0) is 10.7. The van der Waals surface area contributed by atoms with Crippen molar-refractivity contribution >= 4 is 17.5 Å². The van der Waals surface area contributed by atoms with Crippen molar-refractivity contribution in [3.8, 4) is 0 Å². The van der Waals surface area contributed by atoms with Crippen LogP contribution in [0.25, 0.3) is 0 Å². The lowest BCUT2D eigenvalue weighted by Crippen LogP contribution is -2.33. The highest BCUT2D eigenvalue weighted by molar-refractivity contribution is 6.31. The monoisotopic (exact) mass is 212 g/mol. The maximum absolute atomic E-state index is 11.5. The maximum atomic E-state index is 11.5. The van der Waals surface area contributed by atoms with E-state index in [1.165, 1.54) is 4.90 Å². The van der Waals surface area contributed by atoms with Crippen LogP contribution in [0.2, 0.25) is 5.02 Å². The smallest absolute Gasteiger partial charge is 0.243 e. The molecule has 0 aromatic heterocycles. The van der Waals surface area contributed by atoms with Gasteiger partial charge in [-0.3, -0.25) is 4.79 Å². The Balaban J connectivity index is 2.95. The van der Waals surface area contributed by atoms with E-state index in [4.69, 9.17) is 17.3 Å². The molecule has 0 radical (unpaired) electrons. The first kappa shape index (κ1) is 11.0. The molecule has 0 aliphatic heterocycles. The summed E-state index contributed by atoms with van der Waals surface area (Å²) < 4.78 is 0. The van der Waals surface area contributed by atoms with Gasteiger partial charge in [-0.2, -0.15) is 0 Å². The number of hydrogen-bond acceptors (Lipinski definition) is 2. The summed E-state index contributed by atoms with van der Waals surface area (Å²) in [5.74, 6) is -0.155. The molecular formula is C10H13ClN2O. The van der Waals surface area contributed by atoms with Gasteiger partial charge in [-0.1, -0.05) is 29.8 Å². The third kappa shape index (κ3) is 2.25. The largest absolute Gasteiger partial charge is 0.347 e. The number of carbonyl (C=O) groups is 1. The minimum atomic E-state index is -0.682. The molecule has 1 aromatic carbocycles. The Kier molecular flexibility index (Phi) is 3.49. The summed E-state index contributed by atoms with van der Waals surface area (Å²) in [7, 11) is 3.33. The van der Waals surface area contributed by atoms with E-state index in [0.717, 1.165) is 0 Å². The van der Waals surface area contributed by atoms with E-state index in [2.05, 4.69) is 0 Å². The molecule has 3 nitrogen and oxygen atoms in total. The van der Waals surface area contributed by atoms with Crippen molar-refractivity contribution in [3.63, 3.8) is 0 Å². The molecule has 0 saturated carbocycles. The number of hydrogen-bond donors (Lipinski definition) is 1. The Hall–Kier alpha value is -1.06. The molecule has 1 amide bonds. The predicted octanol–water partition coefficient (Wildman–Crippen LogP) is 1.43. The van der Waals surface area contributed by atoms with Crippen LogP contribution < -0.4 is 5.73 Å². The summed E-state index contributed by atoms with van der Waals surface area (Å²) >= 11 is 5.92. The lowest BCUT2D eigenvalue weighted by Gasteiger charge is -2.17. The second-order valence-electron chi connectivity index (χ2n) is 3.23. The second-order valence-corrected chi connectivity index (χ2v) is 3.64. The van der Waals surface area contributed by atoms with E-state index >= 15 is 0 Å². The Morgan fingerprint density at radius 3 is 2.50 bits per heavy atom. The lowest BCUT2D eigenvalue weighted by molar-refractivity contribution is -0.130. The lowest BCUT2D eigenvalue weighted by atomic mass is 10.1. The van der Waals surface area contributed by atoms with Crippen LogP contribution in [0.15, 0.2) is 24.3 Å². The topological polar surface area (TPSA) is 46.3 Å². The fraction of sp³-hybridized carbons (Fsp3) is 0.300. The van der Waals surface area contributed by atoms with Crippen molar-refractivity contribution in [1.29, 1.82) is 0 Å². The SMILES string of the molecule is CN(C)C(=O)C(N)c1ccccc1Cl. The van der Waals surface area contributed by atoms with Gasteiger partial charge in [-0.25, -0.2) is 0 Å². The summed E-state index contributed by atoms with van der Waals surface area (Å²) in [5, 5.41) is 0.523. The summed E-state index contributed by atoms with van der Waals surface area (Å²) in [6, 6.07) is 6.41. The molecular weight excluding hydrogens is 200 g/mol. The quantitative estimate of drug-likeness (QED) is 0.806. The fourth-order valence-electron chi connectivity index (χ4n) is 1.14. The van der Waals surface area contributed by atoms with Crippen molar-refractivity contribution < 1.29 is 4.79 Å².